The molecule has 6 heteroatoms. The summed E-state index contributed by atoms with van der Waals surface area (Å²) in [4.78, 5) is 4.36. The first kappa shape index (κ1) is 18.4. The molecule has 3 unspecified atom stereocenters. The maximum atomic E-state index is 6.12. The number of rotatable bonds is 6. The fourth-order valence-corrected chi connectivity index (χ4v) is 4.45. The van der Waals surface area contributed by atoms with E-state index >= 15 is 0 Å². The highest BCUT2D eigenvalue weighted by Crippen LogP contribution is 2.34. The van der Waals surface area contributed by atoms with Crippen molar-refractivity contribution in [2.24, 2.45) is 4.99 Å². The first-order chi connectivity index (χ1) is 13.2. The van der Waals surface area contributed by atoms with Crippen molar-refractivity contribution < 1.29 is 14.2 Å². The number of guanidine groups is 1. The predicted molar refractivity (Wildman–Crippen MR) is 106 cm³/mol. The molecule has 2 aliphatic heterocycles. The lowest BCUT2D eigenvalue weighted by Gasteiger charge is -2.23. The number of ether oxygens (including phenoxy) is 3. The Balaban J connectivity index is 1.32. The molecule has 1 aromatic carbocycles. The van der Waals surface area contributed by atoms with Gasteiger partial charge in [-0.25, -0.2) is 0 Å². The van der Waals surface area contributed by atoms with Crippen molar-refractivity contribution in [2.45, 2.75) is 75.8 Å². The van der Waals surface area contributed by atoms with E-state index in [0.717, 1.165) is 48.7 Å². The zero-order valence-electron chi connectivity index (χ0n) is 16.4. The second-order valence-corrected chi connectivity index (χ2v) is 7.80. The number of aliphatic imine (C=N–C) groups is 1. The van der Waals surface area contributed by atoms with E-state index in [2.05, 4.69) is 21.7 Å². The number of hydrogen-bond donors (Lipinski definition) is 2. The van der Waals surface area contributed by atoms with Gasteiger partial charge in [0.1, 0.15) is 0 Å². The molecule has 2 N–H and O–H groups in total. The highest BCUT2D eigenvalue weighted by Gasteiger charge is 2.41. The minimum Gasteiger partial charge on any atom is -0.493 e. The van der Waals surface area contributed by atoms with Gasteiger partial charge in [0.2, 0.25) is 0 Å². The molecule has 0 spiro atoms. The van der Waals surface area contributed by atoms with E-state index in [1.165, 1.54) is 19.3 Å². The molecule has 1 aliphatic carbocycles. The standard InChI is InChI=1S/C21H31N3O3/c1-22-21(24-17-12-16-8-10-18(17)27-16)23-13-14-7-9-19(20(11-14)25-2)26-15-5-3-4-6-15/h7,9,11,15-18H,3-6,8,10,12-13H2,1-2H3,(H2,22,23,24). The Bertz CT molecular complexity index is 673. The molecule has 2 saturated heterocycles. The van der Waals surface area contributed by atoms with Crippen LogP contribution in [-0.4, -0.2) is 44.5 Å². The van der Waals surface area contributed by atoms with Crippen molar-refractivity contribution in [1.82, 2.24) is 10.6 Å². The molecule has 1 saturated carbocycles. The predicted octanol–water partition coefficient (Wildman–Crippen LogP) is 3.00. The van der Waals surface area contributed by atoms with Crippen LogP contribution in [0.2, 0.25) is 0 Å². The Labute approximate surface area is 161 Å². The van der Waals surface area contributed by atoms with Gasteiger partial charge in [0.15, 0.2) is 17.5 Å². The second kappa shape index (κ2) is 8.38. The summed E-state index contributed by atoms with van der Waals surface area (Å²) in [7, 11) is 3.51. The van der Waals surface area contributed by atoms with Crippen molar-refractivity contribution in [3.05, 3.63) is 23.8 Å². The summed E-state index contributed by atoms with van der Waals surface area (Å²) < 4.78 is 17.6. The second-order valence-electron chi connectivity index (χ2n) is 7.80. The monoisotopic (exact) mass is 373 g/mol. The van der Waals surface area contributed by atoms with E-state index in [1.807, 2.05) is 19.2 Å². The topological polar surface area (TPSA) is 64.1 Å². The molecule has 3 fully saturated rings. The van der Waals surface area contributed by atoms with E-state index in [9.17, 15) is 0 Å². The Morgan fingerprint density at radius 1 is 1.19 bits per heavy atom. The minimum atomic E-state index is 0.329. The Kier molecular flexibility index (Phi) is 5.72. The van der Waals surface area contributed by atoms with Crippen LogP contribution < -0.4 is 20.1 Å². The van der Waals surface area contributed by atoms with Gasteiger partial charge in [-0.05, 0) is 62.6 Å². The molecule has 0 radical (unpaired) electrons. The van der Waals surface area contributed by atoms with E-state index in [0.29, 0.717) is 30.9 Å². The molecule has 148 valence electrons. The minimum absolute atomic E-state index is 0.329. The fraction of sp³-hybridized carbons (Fsp3) is 0.667. The van der Waals surface area contributed by atoms with Crippen LogP contribution in [0.3, 0.4) is 0 Å². The van der Waals surface area contributed by atoms with Crippen LogP contribution in [0.4, 0.5) is 0 Å². The summed E-state index contributed by atoms with van der Waals surface area (Å²) in [5, 5.41) is 6.92. The lowest BCUT2D eigenvalue weighted by atomic mass is 9.96. The molecule has 27 heavy (non-hydrogen) atoms. The van der Waals surface area contributed by atoms with Crippen molar-refractivity contribution >= 4 is 5.96 Å². The average molecular weight is 373 g/mol. The van der Waals surface area contributed by atoms with Crippen molar-refractivity contribution in [3.8, 4) is 11.5 Å². The van der Waals surface area contributed by atoms with Gasteiger partial charge in [0.25, 0.3) is 0 Å². The van der Waals surface area contributed by atoms with Crippen LogP contribution in [0.1, 0.15) is 50.5 Å². The van der Waals surface area contributed by atoms with Crippen LogP contribution in [0, 0.1) is 0 Å². The van der Waals surface area contributed by atoms with Crippen LogP contribution in [0.5, 0.6) is 11.5 Å². The molecule has 4 rings (SSSR count). The first-order valence-corrected chi connectivity index (χ1v) is 10.2. The molecule has 3 aliphatic rings. The van der Waals surface area contributed by atoms with Gasteiger partial charge in [-0.1, -0.05) is 6.07 Å². The molecular weight excluding hydrogens is 342 g/mol. The molecule has 1 aromatic rings. The maximum Gasteiger partial charge on any atom is 0.191 e. The highest BCUT2D eigenvalue weighted by molar-refractivity contribution is 5.80. The average Bonchev–Trinajstić information content (AvgIpc) is 3.44. The van der Waals surface area contributed by atoms with E-state index in [-0.39, 0.29) is 0 Å². The number of nitrogens with zero attached hydrogens (tertiary/aromatic N) is 1. The zero-order valence-corrected chi connectivity index (χ0v) is 16.4. The molecule has 6 nitrogen and oxygen atoms in total. The number of methoxy groups -OCH3 is 1. The molecule has 0 aromatic heterocycles. The van der Waals surface area contributed by atoms with Gasteiger partial charge in [-0.3, -0.25) is 4.99 Å². The largest absolute Gasteiger partial charge is 0.493 e. The number of fused-ring (bicyclic) bond motifs is 2. The van der Waals surface area contributed by atoms with Crippen LogP contribution in [-0.2, 0) is 11.3 Å². The SMILES string of the molecule is CN=C(NCc1ccc(OC2CCCC2)c(OC)c1)NC1CC2CCC1O2. The number of benzene rings is 1. The number of nitrogens with one attached hydrogen (secondary N) is 2. The van der Waals surface area contributed by atoms with Crippen LogP contribution in [0.25, 0.3) is 0 Å². The third-order valence-electron chi connectivity index (χ3n) is 5.94. The summed E-state index contributed by atoms with van der Waals surface area (Å²) in [5.41, 5.74) is 1.14. The summed E-state index contributed by atoms with van der Waals surface area (Å²) in [6.07, 6.45) is 9.32. The van der Waals surface area contributed by atoms with Gasteiger partial charge in [0, 0.05) is 13.6 Å². The quantitative estimate of drug-likeness (QED) is 0.593. The highest BCUT2D eigenvalue weighted by atomic mass is 16.5. The van der Waals surface area contributed by atoms with Gasteiger partial charge >= 0.3 is 0 Å². The summed E-state index contributed by atoms with van der Waals surface area (Å²) >= 11 is 0. The smallest absolute Gasteiger partial charge is 0.191 e. The van der Waals surface area contributed by atoms with Crippen LogP contribution in [0.15, 0.2) is 23.2 Å². The van der Waals surface area contributed by atoms with E-state index in [4.69, 9.17) is 14.2 Å². The molecular formula is C21H31N3O3. The molecule has 2 heterocycles. The fourth-order valence-electron chi connectivity index (χ4n) is 4.45. The van der Waals surface area contributed by atoms with Crippen molar-refractivity contribution in [1.29, 1.82) is 0 Å². The zero-order chi connectivity index (χ0) is 18.6. The third kappa shape index (κ3) is 4.32. The van der Waals surface area contributed by atoms with Crippen molar-refractivity contribution in [2.75, 3.05) is 14.2 Å². The lowest BCUT2D eigenvalue weighted by molar-refractivity contribution is 0.0992. The van der Waals surface area contributed by atoms with Gasteiger partial charge in [0.05, 0.1) is 31.5 Å². The van der Waals surface area contributed by atoms with Gasteiger partial charge in [-0.2, -0.15) is 0 Å². The van der Waals surface area contributed by atoms with Gasteiger partial charge < -0.3 is 24.8 Å². The van der Waals surface area contributed by atoms with Gasteiger partial charge in [-0.15, -0.1) is 0 Å². The summed E-state index contributed by atoms with van der Waals surface area (Å²) in [5.74, 6) is 2.46. The third-order valence-corrected chi connectivity index (χ3v) is 5.94. The first-order valence-electron chi connectivity index (χ1n) is 10.2. The van der Waals surface area contributed by atoms with E-state index in [1.54, 1.807) is 7.11 Å². The van der Waals surface area contributed by atoms with Crippen molar-refractivity contribution in [3.63, 3.8) is 0 Å². The van der Waals surface area contributed by atoms with Crippen LogP contribution >= 0.6 is 0 Å². The normalized spacial score (nSPS) is 27.8. The Morgan fingerprint density at radius 2 is 2.04 bits per heavy atom. The molecule has 2 bridgehead atoms. The molecule has 3 atom stereocenters. The Morgan fingerprint density at radius 3 is 2.70 bits per heavy atom. The number of hydrogen-bond acceptors (Lipinski definition) is 4. The lowest BCUT2D eigenvalue weighted by Crippen LogP contribution is -2.47. The Hall–Kier alpha value is -1.95. The van der Waals surface area contributed by atoms with E-state index < -0.39 is 0 Å². The summed E-state index contributed by atoms with van der Waals surface area (Å²) in [6.45, 7) is 0.682. The maximum absolute atomic E-state index is 6.12. The summed E-state index contributed by atoms with van der Waals surface area (Å²) in [6, 6.07) is 6.53. The molecule has 0 amide bonds.